The number of likely N-dealkylation sites (tertiary alicyclic amines) is 1. The van der Waals surface area contributed by atoms with Gasteiger partial charge in [-0.05, 0) is 36.1 Å². The normalized spacial score (nSPS) is 20.0. The number of hydrogen-bond donors (Lipinski definition) is 1. The largest absolute Gasteiger partial charge is 0.453 e. The van der Waals surface area contributed by atoms with Crippen molar-refractivity contribution in [2.45, 2.75) is 31.3 Å². The van der Waals surface area contributed by atoms with E-state index in [0.717, 1.165) is 23.1 Å². The maximum atomic E-state index is 12.3. The lowest BCUT2D eigenvalue weighted by atomic mass is 9.92. The Bertz CT molecular complexity index is 918. The van der Waals surface area contributed by atoms with Gasteiger partial charge in [-0.1, -0.05) is 30.3 Å². The lowest BCUT2D eigenvalue weighted by Gasteiger charge is -2.40. The predicted octanol–water partition coefficient (Wildman–Crippen LogP) is 2.44. The summed E-state index contributed by atoms with van der Waals surface area (Å²) in [7, 11) is -2.07. The molecule has 1 fully saturated rings. The highest BCUT2D eigenvalue weighted by Crippen LogP contribution is 2.24. The van der Waals surface area contributed by atoms with Gasteiger partial charge in [0.1, 0.15) is 0 Å². The fourth-order valence-corrected chi connectivity index (χ4v) is 4.50. The van der Waals surface area contributed by atoms with Crippen LogP contribution in [0.1, 0.15) is 18.5 Å². The van der Waals surface area contributed by atoms with E-state index in [0.29, 0.717) is 25.8 Å². The van der Waals surface area contributed by atoms with Gasteiger partial charge in [0.05, 0.1) is 19.4 Å². The second-order valence-corrected chi connectivity index (χ2v) is 8.76. The molecular formula is C20H25N3O4S. The summed E-state index contributed by atoms with van der Waals surface area (Å²) in [6.07, 6.45) is 4.21. The molecule has 1 aliphatic rings. The van der Waals surface area contributed by atoms with E-state index in [4.69, 9.17) is 4.74 Å². The number of nitrogens with one attached hydrogen (secondary N) is 1. The first-order valence-corrected chi connectivity index (χ1v) is 11.1. The number of rotatable bonds is 5. The van der Waals surface area contributed by atoms with Gasteiger partial charge in [0.2, 0.25) is 10.0 Å². The van der Waals surface area contributed by atoms with Gasteiger partial charge in [-0.25, -0.2) is 17.9 Å². The monoisotopic (exact) mass is 403 g/mol. The lowest BCUT2D eigenvalue weighted by molar-refractivity contribution is 0.0789. The van der Waals surface area contributed by atoms with Crippen LogP contribution >= 0.6 is 0 Å². The Morgan fingerprint density at radius 3 is 2.68 bits per heavy atom. The van der Waals surface area contributed by atoms with Gasteiger partial charge >= 0.3 is 6.09 Å². The molecular weight excluding hydrogens is 378 g/mol. The van der Waals surface area contributed by atoms with Crippen molar-refractivity contribution >= 4 is 16.1 Å². The average Bonchev–Trinajstić information content (AvgIpc) is 2.68. The molecule has 28 heavy (non-hydrogen) atoms. The Kier molecular flexibility index (Phi) is 6.31. The van der Waals surface area contributed by atoms with Crippen molar-refractivity contribution in [1.29, 1.82) is 0 Å². The standard InChI is InChI=1S/C20H25N3O4S/c1-27-20(24)23-12-6-9-18(22-28(2,25)26)19(23)14-17-13-16(10-11-21-17)15-7-4-3-5-8-15/h3-5,7-8,10-11,13,18-19,22H,6,9,12,14H2,1-2H3. The summed E-state index contributed by atoms with van der Waals surface area (Å²) in [6, 6.07) is 13.1. The van der Waals surface area contributed by atoms with E-state index in [1.807, 2.05) is 42.5 Å². The topological polar surface area (TPSA) is 88.6 Å². The molecule has 1 amide bonds. The quantitative estimate of drug-likeness (QED) is 0.828. The van der Waals surface area contributed by atoms with Gasteiger partial charge in [-0.2, -0.15) is 0 Å². The summed E-state index contributed by atoms with van der Waals surface area (Å²) < 4.78 is 31.2. The first-order valence-electron chi connectivity index (χ1n) is 9.19. The lowest BCUT2D eigenvalue weighted by Crippen LogP contribution is -2.57. The molecule has 2 atom stereocenters. The van der Waals surface area contributed by atoms with Crippen LogP contribution in [0, 0.1) is 0 Å². The van der Waals surface area contributed by atoms with E-state index in [2.05, 4.69) is 9.71 Å². The van der Waals surface area contributed by atoms with E-state index in [1.165, 1.54) is 7.11 Å². The minimum Gasteiger partial charge on any atom is -0.453 e. The van der Waals surface area contributed by atoms with Crippen molar-refractivity contribution in [3.05, 3.63) is 54.4 Å². The van der Waals surface area contributed by atoms with Gasteiger partial charge in [-0.3, -0.25) is 4.98 Å². The predicted molar refractivity (Wildman–Crippen MR) is 107 cm³/mol. The Balaban J connectivity index is 1.89. The molecule has 2 unspecified atom stereocenters. The molecule has 1 aromatic heterocycles. The number of carbonyl (C=O) groups excluding carboxylic acids is 1. The van der Waals surface area contributed by atoms with E-state index >= 15 is 0 Å². The Hall–Kier alpha value is -2.45. The van der Waals surface area contributed by atoms with Crippen LogP contribution in [0.25, 0.3) is 11.1 Å². The van der Waals surface area contributed by atoms with Crippen molar-refractivity contribution in [3.8, 4) is 11.1 Å². The summed E-state index contributed by atoms with van der Waals surface area (Å²) in [4.78, 5) is 18.3. The van der Waals surface area contributed by atoms with Crippen LogP contribution in [0.15, 0.2) is 48.7 Å². The van der Waals surface area contributed by atoms with Crippen LogP contribution in [0.5, 0.6) is 0 Å². The number of piperidine rings is 1. The molecule has 1 aromatic carbocycles. The first-order chi connectivity index (χ1) is 13.4. The average molecular weight is 404 g/mol. The third kappa shape index (κ3) is 5.08. The zero-order chi connectivity index (χ0) is 20.1. The number of pyridine rings is 1. The number of nitrogens with zero attached hydrogens (tertiary/aromatic N) is 2. The van der Waals surface area contributed by atoms with E-state index < -0.39 is 16.1 Å². The van der Waals surface area contributed by atoms with E-state index in [-0.39, 0.29) is 12.1 Å². The third-order valence-corrected chi connectivity index (χ3v) is 5.63. The van der Waals surface area contributed by atoms with Crippen molar-refractivity contribution in [1.82, 2.24) is 14.6 Å². The first kappa shape index (κ1) is 20.3. The molecule has 3 rings (SSSR count). The van der Waals surface area contributed by atoms with Gasteiger partial charge in [0.25, 0.3) is 0 Å². The smallest absolute Gasteiger partial charge is 0.409 e. The summed E-state index contributed by atoms with van der Waals surface area (Å²) >= 11 is 0. The number of benzene rings is 1. The molecule has 1 saturated heterocycles. The molecule has 150 valence electrons. The maximum absolute atomic E-state index is 12.3. The van der Waals surface area contributed by atoms with Gasteiger partial charge in [0.15, 0.2) is 0 Å². The molecule has 0 saturated carbocycles. The molecule has 2 aromatic rings. The number of ether oxygens (including phenoxy) is 1. The van der Waals surface area contributed by atoms with Gasteiger partial charge in [-0.15, -0.1) is 0 Å². The van der Waals surface area contributed by atoms with Crippen LogP contribution in [-0.4, -0.2) is 56.4 Å². The van der Waals surface area contributed by atoms with Crippen molar-refractivity contribution < 1.29 is 17.9 Å². The van der Waals surface area contributed by atoms with E-state index in [9.17, 15) is 13.2 Å². The molecule has 2 heterocycles. The Morgan fingerprint density at radius 1 is 1.25 bits per heavy atom. The molecule has 1 N–H and O–H groups in total. The zero-order valence-electron chi connectivity index (χ0n) is 16.0. The molecule has 1 aliphatic heterocycles. The molecule has 0 aliphatic carbocycles. The number of amides is 1. The minimum atomic E-state index is -3.41. The summed E-state index contributed by atoms with van der Waals surface area (Å²) in [5, 5.41) is 0. The molecule has 8 heteroatoms. The molecule has 0 bridgehead atoms. The fraction of sp³-hybridized carbons (Fsp3) is 0.400. The molecule has 7 nitrogen and oxygen atoms in total. The fourth-order valence-electron chi connectivity index (χ4n) is 3.68. The van der Waals surface area contributed by atoms with Crippen molar-refractivity contribution in [2.24, 2.45) is 0 Å². The van der Waals surface area contributed by atoms with Crippen LogP contribution in [-0.2, 0) is 21.2 Å². The highest BCUT2D eigenvalue weighted by Gasteiger charge is 2.36. The van der Waals surface area contributed by atoms with Gasteiger partial charge in [0, 0.05) is 30.9 Å². The number of hydrogen-bond acceptors (Lipinski definition) is 5. The third-order valence-electron chi connectivity index (χ3n) is 4.90. The zero-order valence-corrected chi connectivity index (χ0v) is 16.9. The molecule has 0 radical (unpaired) electrons. The number of sulfonamides is 1. The van der Waals surface area contributed by atoms with Crippen LogP contribution in [0.4, 0.5) is 4.79 Å². The SMILES string of the molecule is COC(=O)N1CCCC(NS(C)(=O)=O)C1Cc1cc(-c2ccccc2)ccn1. The summed E-state index contributed by atoms with van der Waals surface area (Å²) in [5.74, 6) is 0. The maximum Gasteiger partial charge on any atom is 0.409 e. The summed E-state index contributed by atoms with van der Waals surface area (Å²) in [5.41, 5.74) is 2.89. The summed E-state index contributed by atoms with van der Waals surface area (Å²) in [6.45, 7) is 0.525. The number of aromatic nitrogens is 1. The van der Waals surface area contributed by atoms with Crippen LogP contribution in [0.3, 0.4) is 0 Å². The van der Waals surface area contributed by atoms with Crippen LogP contribution in [0.2, 0.25) is 0 Å². The minimum absolute atomic E-state index is 0.366. The second-order valence-electron chi connectivity index (χ2n) is 6.98. The highest BCUT2D eigenvalue weighted by atomic mass is 32.2. The van der Waals surface area contributed by atoms with Gasteiger partial charge < -0.3 is 9.64 Å². The number of methoxy groups -OCH3 is 1. The van der Waals surface area contributed by atoms with Crippen molar-refractivity contribution in [3.63, 3.8) is 0 Å². The van der Waals surface area contributed by atoms with Crippen molar-refractivity contribution in [2.75, 3.05) is 19.9 Å². The Labute approximate surface area is 165 Å². The second kappa shape index (κ2) is 8.70. The van der Waals surface area contributed by atoms with E-state index in [1.54, 1.807) is 11.1 Å². The van der Waals surface area contributed by atoms with Crippen LogP contribution < -0.4 is 4.72 Å². The molecule has 0 spiro atoms. The highest BCUT2D eigenvalue weighted by molar-refractivity contribution is 7.88. The Morgan fingerprint density at radius 2 is 2.00 bits per heavy atom. The number of carbonyl (C=O) groups is 1.